The van der Waals surface area contributed by atoms with Gasteiger partial charge in [0.05, 0.1) is 0 Å². The fourth-order valence-corrected chi connectivity index (χ4v) is 1.70. The van der Waals surface area contributed by atoms with Crippen LogP contribution in [0.25, 0.3) is 0 Å². The van der Waals surface area contributed by atoms with Gasteiger partial charge in [0.2, 0.25) is 0 Å². The summed E-state index contributed by atoms with van der Waals surface area (Å²) in [6.07, 6.45) is 1.72. The van der Waals surface area contributed by atoms with Gasteiger partial charge in [-0.2, -0.15) is 0 Å². The van der Waals surface area contributed by atoms with Gasteiger partial charge in [-0.15, -0.1) is 0 Å². The van der Waals surface area contributed by atoms with Crippen LogP contribution in [-0.2, 0) is 9.59 Å². The third kappa shape index (κ3) is 2.97. The lowest BCUT2D eigenvalue weighted by Crippen LogP contribution is -2.38. The van der Waals surface area contributed by atoms with Crippen LogP contribution in [0.2, 0.25) is 0 Å². The van der Waals surface area contributed by atoms with Gasteiger partial charge in [-0.05, 0) is 19.3 Å². The zero-order valence-corrected chi connectivity index (χ0v) is 9.71. The monoisotopic (exact) mass is 266 g/mol. The normalized spacial score (nSPS) is 11.3. The lowest BCUT2D eigenvalue weighted by atomic mass is 9.80. The first kappa shape index (κ1) is 13.4. The number of aliphatic carboxylic acids is 2. The van der Waals surface area contributed by atoms with Crippen LogP contribution in [0.4, 0.5) is 0 Å². The molecule has 0 heterocycles. The smallest absolute Gasteiger partial charge is 0.321 e. The molecule has 0 aliphatic carbocycles. The first-order valence-corrected chi connectivity index (χ1v) is 5.66. The molecule has 0 aromatic carbocycles. The van der Waals surface area contributed by atoms with Crippen LogP contribution < -0.4 is 0 Å². The highest BCUT2D eigenvalue weighted by Crippen LogP contribution is 2.29. The van der Waals surface area contributed by atoms with Gasteiger partial charge in [0.1, 0.15) is 0 Å². The maximum Gasteiger partial charge on any atom is 0.321 e. The van der Waals surface area contributed by atoms with Gasteiger partial charge in [-0.25, -0.2) is 0 Å². The molecule has 0 saturated carbocycles. The van der Waals surface area contributed by atoms with Crippen molar-refractivity contribution < 1.29 is 19.8 Å². The fraction of sp³-hybridized carbons (Fsp3) is 0.778. The molecule has 0 aliphatic heterocycles. The number of carboxylic acid groups (broad SMARTS) is 2. The first-order valence-electron chi connectivity index (χ1n) is 4.54. The van der Waals surface area contributed by atoms with Crippen molar-refractivity contribution in [3.8, 4) is 0 Å². The predicted molar refractivity (Wildman–Crippen MR) is 55.6 cm³/mol. The minimum atomic E-state index is -1.60. The van der Waals surface area contributed by atoms with Gasteiger partial charge in [-0.1, -0.05) is 29.3 Å². The molecule has 0 aliphatic rings. The molecule has 0 fully saturated rings. The molecular formula is C9H15BrO4. The van der Waals surface area contributed by atoms with Crippen LogP contribution in [0.15, 0.2) is 0 Å². The van der Waals surface area contributed by atoms with Crippen molar-refractivity contribution in [2.45, 2.75) is 32.6 Å². The highest BCUT2D eigenvalue weighted by atomic mass is 79.9. The van der Waals surface area contributed by atoms with Gasteiger partial charge >= 0.3 is 11.9 Å². The number of carbonyl (C=O) groups is 2. The molecule has 0 aromatic rings. The second kappa shape index (κ2) is 6.01. The topological polar surface area (TPSA) is 74.6 Å². The highest BCUT2D eigenvalue weighted by Gasteiger charge is 2.43. The molecule has 2 N–H and O–H groups in total. The van der Waals surface area contributed by atoms with Crippen molar-refractivity contribution in [2.75, 3.05) is 5.33 Å². The maximum absolute atomic E-state index is 10.9. The standard InChI is InChI=1S/C9H15BrO4/c1-2-9(7(11)12,8(13)14)5-3-4-6-10/h2-6H2,1H3,(H,11,12)(H,13,14). The molecule has 0 bridgehead atoms. The summed E-state index contributed by atoms with van der Waals surface area (Å²) in [6.45, 7) is 1.59. The average Bonchev–Trinajstić information content (AvgIpc) is 2.11. The van der Waals surface area contributed by atoms with E-state index in [4.69, 9.17) is 10.2 Å². The van der Waals surface area contributed by atoms with Crippen molar-refractivity contribution in [2.24, 2.45) is 5.41 Å². The Labute approximate surface area is 91.4 Å². The summed E-state index contributed by atoms with van der Waals surface area (Å²) in [4.78, 5) is 21.8. The summed E-state index contributed by atoms with van der Waals surface area (Å²) >= 11 is 3.22. The number of hydrogen-bond acceptors (Lipinski definition) is 2. The molecule has 0 unspecified atom stereocenters. The van der Waals surface area contributed by atoms with E-state index in [-0.39, 0.29) is 12.8 Å². The molecular weight excluding hydrogens is 252 g/mol. The van der Waals surface area contributed by atoms with E-state index >= 15 is 0 Å². The summed E-state index contributed by atoms with van der Waals surface area (Å²) in [5.74, 6) is -2.47. The number of rotatable bonds is 7. The van der Waals surface area contributed by atoms with E-state index in [1.807, 2.05) is 0 Å². The van der Waals surface area contributed by atoms with Crippen molar-refractivity contribution in [3.63, 3.8) is 0 Å². The Bertz CT molecular complexity index is 201. The van der Waals surface area contributed by atoms with Crippen LogP contribution in [0.5, 0.6) is 0 Å². The highest BCUT2D eigenvalue weighted by molar-refractivity contribution is 9.09. The SMILES string of the molecule is CCC(CCCCBr)(C(=O)O)C(=O)O. The van der Waals surface area contributed by atoms with Gasteiger partial charge in [-0.3, -0.25) is 9.59 Å². The number of hydrogen-bond donors (Lipinski definition) is 2. The summed E-state index contributed by atoms with van der Waals surface area (Å²) in [5, 5.41) is 18.6. The Hall–Kier alpha value is -0.580. The van der Waals surface area contributed by atoms with Crippen molar-refractivity contribution in [3.05, 3.63) is 0 Å². The van der Waals surface area contributed by atoms with E-state index in [1.165, 1.54) is 0 Å². The molecule has 0 radical (unpaired) electrons. The van der Waals surface area contributed by atoms with Crippen LogP contribution in [0, 0.1) is 5.41 Å². The van der Waals surface area contributed by atoms with E-state index in [2.05, 4.69) is 15.9 Å². The molecule has 0 aromatic heterocycles. The van der Waals surface area contributed by atoms with E-state index in [1.54, 1.807) is 6.92 Å². The van der Waals surface area contributed by atoms with Crippen LogP contribution in [0.1, 0.15) is 32.6 Å². The second-order valence-electron chi connectivity index (χ2n) is 3.19. The van der Waals surface area contributed by atoms with E-state index in [0.717, 1.165) is 11.8 Å². The molecule has 0 atom stereocenters. The Morgan fingerprint density at radius 3 is 2.00 bits per heavy atom. The predicted octanol–water partition coefficient (Wildman–Crippen LogP) is 2.12. The Balaban J connectivity index is 4.52. The Morgan fingerprint density at radius 1 is 1.21 bits per heavy atom. The molecule has 0 rings (SSSR count). The van der Waals surface area contributed by atoms with Crippen molar-refractivity contribution in [1.82, 2.24) is 0 Å². The summed E-state index contributed by atoms with van der Waals surface area (Å²) < 4.78 is 0. The van der Waals surface area contributed by atoms with Crippen molar-refractivity contribution in [1.29, 1.82) is 0 Å². The van der Waals surface area contributed by atoms with Gasteiger partial charge in [0.25, 0.3) is 0 Å². The lowest BCUT2D eigenvalue weighted by Gasteiger charge is -2.22. The number of carboxylic acids is 2. The average molecular weight is 267 g/mol. The Kier molecular flexibility index (Phi) is 5.76. The molecule has 14 heavy (non-hydrogen) atoms. The first-order chi connectivity index (χ1) is 6.51. The van der Waals surface area contributed by atoms with Crippen LogP contribution in [0.3, 0.4) is 0 Å². The van der Waals surface area contributed by atoms with Gasteiger partial charge in [0, 0.05) is 5.33 Å². The number of alkyl halides is 1. The largest absolute Gasteiger partial charge is 0.480 e. The minimum Gasteiger partial charge on any atom is -0.480 e. The molecule has 82 valence electrons. The zero-order valence-electron chi connectivity index (χ0n) is 8.12. The lowest BCUT2D eigenvalue weighted by molar-refractivity contribution is -0.165. The van der Waals surface area contributed by atoms with Crippen molar-refractivity contribution >= 4 is 27.9 Å². The quantitative estimate of drug-likeness (QED) is 0.421. The van der Waals surface area contributed by atoms with Gasteiger partial charge < -0.3 is 10.2 Å². The number of halogens is 1. The Morgan fingerprint density at radius 2 is 1.71 bits per heavy atom. The third-order valence-electron chi connectivity index (χ3n) is 2.41. The molecule has 0 spiro atoms. The van der Waals surface area contributed by atoms with E-state index in [0.29, 0.717) is 6.42 Å². The summed E-state index contributed by atoms with van der Waals surface area (Å²) in [6, 6.07) is 0. The third-order valence-corrected chi connectivity index (χ3v) is 2.97. The minimum absolute atomic E-state index is 0.125. The molecule has 5 heteroatoms. The van der Waals surface area contributed by atoms with Crippen LogP contribution in [-0.4, -0.2) is 27.5 Å². The summed E-state index contributed by atoms with van der Waals surface area (Å²) in [5.41, 5.74) is -1.60. The van der Waals surface area contributed by atoms with Crippen LogP contribution >= 0.6 is 15.9 Å². The van der Waals surface area contributed by atoms with Gasteiger partial charge in [0.15, 0.2) is 5.41 Å². The maximum atomic E-state index is 10.9. The van der Waals surface area contributed by atoms with E-state index < -0.39 is 17.4 Å². The second-order valence-corrected chi connectivity index (χ2v) is 3.99. The number of unbranched alkanes of at least 4 members (excludes halogenated alkanes) is 1. The zero-order chi connectivity index (χ0) is 11.2. The fourth-order valence-electron chi connectivity index (χ4n) is 1.31. The molecule has 4 nitrogen and oxygen atoms in total. The van der Waals surface area contributed by atoms with E-state index in [9.17, 15) is 9.59 Å². The molecule has 0 amide bonds. The summed E-state index contributed by atoms with van der Waals surface area (Å²) in [7, 11) is 0. The molecule has 0 saturated heterocycles.